The zero-order chi connectivity index (χ0) is 14.3. The van der Waals surface area contributed by atoms with E-state index in [1.165, 1.54) is 0 Å². The van der Waals surface area contributed by atoms with Gasteiger partial charge in [-0.15, -0.1) is 0 Å². The van der Waals surface area contributed by atoms with Gasteiger partial charge in [-0.2, -0.15) is 0 Å². The molecule has 0 saturated carbocycles. The van der Waals surface area contributed by atoms with Gasteiger partial charge in [-0.3, -0.25) is 0 Å². The maximum absolute atomic E-state index is 12.8. The smallest absolute Gasteiger partial charge is 0.338 e. The van der Waals surface area contributed by atoms with E-state index in [1.54, 1.807) is 30.3 Å². The van der Waals surface area contributed by atoms with Gasteiger partial charge in [0.2, 0.25) is 0 Å². The Bertz CT molecular complexity index is 423. The van der Waals surface area contributed by atoms with Crippen molar-refractivity contribution in [3.8, 4) is 0 Å². The van der Waals surface area contributed by atoms with Gasteiger partial charge in [0.25, 0.3) is 6.43 Å². The fraction of sp³-hybridized carbons (Fsp3) is 0.400. The van der Waals surface area contributed by atoms with Crippen molar-refractivity contribution in [2.45, 2.75) is 39.2 Å². The van der Waals surface area contributed by atoms with Crippen LogP contribution in [0.2, 0.25) is 0 Å². The molecule has 2 nitrogen and oxygen atoms in total. The van der Waals surface area contributed by atoms with E-state index < -0.39 is 18.5 Å². The van der Waals surface area contributed by atoms with E-state index in [2.05, 4.69) is 0 Å². The van der Waals surface area contributed by atoms with E-state index in [-0.39, 0.29) is 12.0 Å². The number of ether oxygens (including phenoxy) is 1. The molecular formula is C15H18F2O2. The van der Waals surface area contributed by atoms with E-state index in [0.717, 1.165) is 5.57 Å². The molecule has 19 heavy (non-hydrogen) atoms. The Morgan fingerprint density at radius 2 is 1.89 bits per heavy atom. The number of hydrogen-bond donors (Lipinski definition) is 0. The lowest BCUT2D eigenvalue weighted by atomic mass is 10.1. The van der Waals surface area contributed by atoms with Crippen LogP contribution in [0.25, 0.3) is 0 Å². The van der Waals surface area contributed by atoms with Gasteiger partial charge in [-0.05, 0) is 38.8 Å². The number of alkyl halides is 2. The molecule has 0 aromatic heterocycles. The summed E-state index contributed by atoms with van der Waals surface area (Å²) in [5.74, 6) is -0.705. The molecule has 4 heteroatoms. The van der Waals surface area contributed by atoms with Gasteiger partial charge in [0.05, 0.1) is 5.56 Å². The molecule has 0 aliphatic carbocycles. The molecule has 0 aliphatic heterocycles. The first-order chi connectivity index (χ1) is 9.00. The Morgan fingerprint density at radius 1 is 1.26 bits per heavy atom. The van der Waals surface area contributed by atoms with Crippen LogP contribution in [-0.4, -0.2) is 18.5 Å². The summed E-state index contributed by atoms with van der Waals surface area (Å²) in [6.07, 6.45) is -1.58. The Kier molecular flexibility index (Phi) is 6.19. The molecule has 0 amide bonds. The topological polar surface area (TPSA) is 26.3 Å². The van der Waals surface area contributed by atoms with Crippen molar-refractivity contribution < 1.29 is 18.3 Å². The van der Waals surface area contributed by atoms with Crippen LogP contribution in [0, 0.1) is 0 Å². The predicted octanol–water partition coefficient (Wildman–Crippen LogP) is 4.22. The minimum absolute atomic E-state index is 0.126. The van der Waals surface area contributed by atoms with E-state index in [1.807, 2.05) is 19.9 Å². The van der Waals surface area contributed by atoms with Crippen LogP contribution in [0.5, 0.6) is 0 Å². The van der Waals surface area contributed by atoms with Gasteiger partial charge >= 0.3 is 5.97 Å². The second-order valence-electron chi connectivity index (χ2n) is 4.50. The average Bonchev–Trinajstić information content (AvgIpc) is 2.37. The third kappa shape index (κ3) is 5.64. The number of rotatable bonds is 6. The number of benzene rings is 1. The molecule has 1 aromatic carbocycles. The lowest BCUT2D eigenvalue weighted by Crippen LogP contribution is -2.25. The van der Waals surface area contributed by atoms with Gasteiger partial charge in [0, 0.05) is 0 Å². The standard InChI is InChI=1S/C15H18F2O2/c1-11(2)7-6-10-13(14(16)17)19-15(18)12-8-4-3-5-9-12/h3-5,7-9,13-14H,6,10H2,1-2H3/t13-/m1/s1. The van der Waals surface area contributed by atoms with Crippen molar-refractivity contribution in [3.63, 3.8) is 0 Å². The highest BCUT2D eigenvalue weighted by molar-refractivity contribution is 5.89. The summed E-state index contributed by atoms with van der Waals surface area (Å²) in [7, 11) is 0. The molecule has 104 valence electrons. The number of allylic oxidation sites excluding steroid dienone is 2. The van der Waals surface area contributed by atoms with Crippen molar-refractivity contribution in [2.75, 3.05) is 0 Å². The zero-order valence-corrected chi connectivity index (χ0v) is 11.1. The van der Waals surface area contributed by atoms with E-state index in [9.17, 15) is 13.6 Å². The van der Waals surface area contributed by atoms with E-state index in [0.29, 0.717) is 6.42 Å². The molecule has 1 atom stereocenters. The second kappa shape index (κ2) is 7.67. The van der Waals surface area contributed by atoms with Crippen LogP contribution < -0.4 is 0 Å². The lowest BCUT2D eigenvalue weighted by Gasteiger charge is -2.16. The molecule has 0 unspecified atom stereocenters. The molecule has 0 spiro atoms. The minimum atomic E-state index is -2.67. The fourth-order valence-electron chi connectivity index (χ4n) is 1.55. The molecule has 0 aliphatic rings. The first-order valence-electron chi connectivity index (χ1n) is 6.18. The van der Waals surface area contributed by atoms with Crippen molar-refractivity contribution in [3.05, 3.63) is 47.5 Å². The number of carbonyl (C=O) groups is 1. The fourth-order valence-corrected chi connectivity index (χ4v) is 1.55. The highest BCUT2D eigenvalue weighted by Crippen LogP contribution is 2.15. The predicted molar refractivity (Wildman–Crippen MR) is 70.3 cm³/mol. The molecule has 0 fully saturated rings. The van der Waals surface area contributed by atoms with Crippen LogP contribution in [-0.2, 0) is 4.74 Å². The first kappa shape index (κ1) is 15.3. The first-order valence-corrected chi connectivity index (χ1v) is 6.18. The number of halogens is 2. The van der Waals surface area contributed by atoms with Gasteiger partial charge in [0.1, 0.15) is 0 Å². The van der Waals surface area contributed by atoms with Crippen molar-refractivity contribution >= 4 is 5.97 Å². The Balaban J connectivity index is 2.59. The van der Waals surface area contributed by atoms with Crippen LogP contribution in [0.4, 0.5) is 8.78 Å². The summed E-state index contributed by atoms with van der Waals surface area (Å²) in [6, 6.07) is 8.16. The molecule has 0 bridgehead atoms. The van der Waals surface area contributed by atoms with Crippen LogP contribution in [0.15, 0.2) is 42.0 Å². The van der Waals surface area contributed by atoms with Crippen molar-refractivity contribution in [1.29, 1.82) is 0 Å². The molecule has 1 aromatic rings. The summed E-state index contributed by atoms with van der Waals surface area (Å²) in [5.41, 5.74) is 1.35. The highest BCUT2D eigenvalue weighted by atomic mass is 19.3. The summed E-state index contributed by atoms with van der Waals surface area (Å²) >= 11 is 0. The number of carbonyl (C=O) groups excluding carboxylic acids is 1. The molecule has 0 saturated heterocycles. The van der Waals surface area contributed by atoms with Gasteiger partial charge < -0.3 is 4.74 Å². The summed E-state index contributed by atoms with van der Waals surface area (Å²) in [6.45, 7) is 3.79. The Morgan fingerprint density at radius 3 is 2.42 bits per heavy atom. The molecular weight excluding hydrogens is 250 g/mol. The lowest BCUT2D eigenvalue weighted by molar-refractivity contribution is -0.0361. The molecule has 0 radical (unpaired) electrons. The maximum atomic E-state index is 12.8. The summed E-state index contributed by atoms with van der Waals surface area (Å²) in [4.78, 5) is 11.7. The van der Waals surface area contributed by atoms with Gasteiger partial charge in [-0.1, -0.05) is 29.8 Å². The van der Waals surface area contributed by atoms with Crippen LogP contribution in [0.3, 0.4) is 0 Å². The van der Waals surface area contributed by atoms with Gasteiger partial charge in [0.15, 0.2) is 6.10 Å². The largest absolute Gasteiger partial charge is 0.453 e. The Labute approximate surface area is 112 Å². The Hall–Kier alpha value is -1.71. The third-order valence-electron chi connectivity index (χ3n) is 2.55. The summed E-state index contributed by atoms with van der Waals surface area (Å²) in [5, 5.41) is 0. The quantitative estimate of drug-likeness (QED) is 0.570. The highest BCUT2D eigenvalue weighted by Gasteiger charge is 2.24. The molecule has 0 N–H and O–H groups in total. The van der Waals surface area contributed by atoms with E-state index in [4.69, 9.17) is 4.74 Å². The number of esters is 1. The maximum Gasteiger partial charge on any atom is 0.338 e. The zero-order valence-electron chi connectivity index (χ0n) is 11.1. The third-order valence-corrected chi connectivity index (χ3v) is 2.55. The SMILES string of the molecule is CC(C)=CCC[C@@H](OC(=O)c1ccccc1)C(F)F. The van der Waals surface area contributed by atoms with Crippen molar-refractivity contribution in [1.82, 2.24) is 0 Å². The second-order valence-corrected chi connectivity index (χ2v) is 4.50. The van der Waals surface area contributed by atoms with Crippen LogP contribution >= 0.6 is 0 Å². The monoisotopic (exact) mass is 268 g/mol. The van der Waals surface area contributed by atoms with Crippen molar-refractivity contribution in [2.24, 2.45) is 0 Å². The summed E-state index contributed by atoms with van der Waals surface area (Å²) < 4.78 is 30.5. The minimum Gasteiger partial charge on any atom is -0.453 e. The molecule has 0 heterocycles. The molecule has 1 rings (SSSR count). The van der Waals surface area contributed by atoms with Crippen LogP contribution in [0.1, 0.15) is 37.0 Å². The van der Waals surface area contributed by atoms with Gasteiger partial charge in [-0.25, -0.2) is 13.6 Å². The number of hydrogen-bond acceptors (Lipinski definition) is 2. The van der Waals surface area contributed by atoms with E-state index >= 15 is 0 Å². The average molecular weight is 268 g/mol. The normalized spacial score (nSPS) is 12.1.